The van der Waals surface area contributed by atoms with Gasteiger partial charge in [0.15, 0.2) is 5.76 Å². The molecule has 0 atom stereocenters. The summed E-state index contributed by atoms with van der Waals surface area (Å²) in [6, 6.07) is 13.6. The van der Waals surface area contributed by atoms with Crippen molar-refractivity contribution in [3.8, 4) is 11.3 Å². The van der Waals surface area contributed by atoms with Crippen molar-refractivity contribution >= 4 is 11.6 Å². The zero-order valence-corrected chi connectivity index (χ0v) is 12.8. The van der Waals surface area contributed by atoms with Gasteiger partial charge in [-0.2, -0.15) is 0 Å². The van der Waals surface area contributed by atoms with Crippen molar-refractivity contribution < 1.29 is 13.7 Å². The summed E-state index contributed by atoms with van der Waals surface area (Å²) < 4.78 is 19.0. The zero-order chi connectivity index (χ0) is 16.4. The quantitative estimate of drug-likeness (QED) is 0.782. The number of carbonyl (C=O) groups excluding carboxylic acids is 1. The third-order valence-corrected chi connectivity index (χ3v) is 3.53. The molecule has 0 spiro atoms. The molecule has 0 aliphatic heterocycles. The van der Waals surface area contributed by atoms with Gasteiger partial charge in [0.05, 0.1) is 11.4 Å². The second kappa shape index (κ2) is 6.04. The summed E-state index contributed by atoms with van der Waals surface area (Å²) in [7, 11) is 0. The summed E-state index contributed by atoms with van der Waals surface area (Å²) in [5.41, 5.74) is 2.72. The average Bonchev–Trinajstić information content (AvgIpc) is 2.92. The molecule has 3 aromatic rings. The lowest BCUT2D eigenvalue weighted by Crippen LogP contribution is -2.14. The first kappa shape index (κ1) is 15.0. The average molecular weight is 310 g/mol. The molecule has 0 fully saturated rings. The van der Waals surface area contributed by atoms with Crippen LogP contribution in [0.4, 0.5) is 10.1 Å². The zero-order valence-electron chi connectivity index (χ0n) is 12.8. The first-order chi connectivity index (χ1) is 11.1. The minimum Gasteiger partial charge on any atom is -0.355 e. The highest BCUT2D eigenvalue weighted by molar-refractivity contribution is 6.08. The van der Waals surface area contributed by atoms with Gasteiger partial charge in [0, 0.05) is 5.56 Å². The van der Waals surface area contributed by atoms with Crippen LogP contribution in [0, 0.1) is 19.7 Å². The number of aryl methyl sites for hydroxylation is 2. The third-order valence-electron chi connectivity index (χ3n) is 3.53. The van der Waals surface area contributed by atoms with Crippen molar-refractivity contribution in [2.45, 2.75) is 13.8 Å². The van der Waals surface area contributed by atoms with E-state index in [1.165, 1.54) is 12.1 Å². The number of para-hydroxylation sites is 1. The number of aromatic nitrogens is 1. The van der Waals surface area contributed by atoms with Gasteiger partial charge >= 0.3 is 0 Å². The third kappa shape index (κ3) is 2.99. The van der Waals surface area contributed by atoms with E-state index in [1.54, 1.807) is 19.1 Å². The van der Waals surface area contributed by atoms with E-state index in [-0.39, 0.29) is 5.69 Å². The Morgan fingerprint density at radius 2 is 1.78 bits per heavy atom. The number of hydrogen-bond acceptors (Lipinski definition) is 3. The first-order valence-corrected chi connectivity index (χ1v) is 7.15. The van der Waals surface area contributed by atoms with Crippen molar-refractivity contribution in [3.63, 3.8) is 0 Å². The maximum Gasteiger partial charge on any atom is 0.261 e. The van der Waals surface area contributed by atoms with Crippen LogP contribution in [0.1, 0.15) is 21.6 Å². The number of rotatable bonds is 3. The normalized spacial score (nSPS) is 10.6. The molecule has 23 heavy (non-hydrogen) atoms. The lowest BCUT2D eigenvalue weighted by Gasteiger charge is -2.07. The van der Waals surface area contributed by atoms with Crippen molar-refractivity contribution in [2.24, 2.45) is 0 Å². The molecule has 0 aliphatic carbocycles. The molecular weight excluding hydrogens is 295 g/mol. The molecule has 0 bridgehead atoms. The molecule has 3 rings (SSSR count). The molecule has 0 unspecified atom stereocenters. The van der Waals surface area contributed by atoms with Crippen molar-refractivity contribution in [2.75, 3.05) is 5.32 Å². The Morgan fingerprint density at radius 3 is 2.48 bits per heavy atom. The minimum absolute atomic E-state index is 0.118. The van der Waals surface area contributed by atoms with Gasteiger partial charge < -0.3 is 9.84 Å². The van der Waals surface area contributed by atoms with Gasteiger partial charge in [-0.05, 0) is 26.0 Å². The lowest BCUT2D eigenvalue weighted by atomic mass is 10.0. The fraction of sp³-hybridized carbons (Fsp3) is 0.111. The topological polar surface area (TPSA) is 55.1 Å². The molecule has 5 heteroatoms. The molecule has 1 aromatic heterocycles. The van der Waals surface area contributed by atoms with Gasteiger partial charge in [0.25, 0.3) is 5.91 Å². The highest BCUT2D eigenvalue weighted by Crippen LogP contribution is 2.27. The fourth-order valence-corrected chi connectivity index (χ4v) is 2.29. The lowest BCUT2D eigenvalue weighted by molar-refractivity contribution is 0.102. The van der Waals surface area contributed by atoms with E-state index in [4.69, 9.17) is 4.52 Å². The van der Waals surface area contributed by atoms with Crippen LogP contribution in [-0.4, -0.2) is 11.1 Å². The van der Waals surface area contributed by atoms with Gasteiger partial charge in [0.2, 0.25) is 0 Å². The number of hydrogen-bond donors (Lipinski definition) is 1. The van der Waals surface area contributed by atoms with Crippen LogP contribution in [0.15, 0.2) is 53.1 Å². The molecular formula is C18H15FN2O2. The van der Waals surface area contributed by atoms with E-state index < -0.39 is 11.7 Å². The van der Waals surface area contributed by atoms with Crippen LogP contribution >= 0.6 is 0 Å². The molecule has 0 saturated heterocycles. The van der Waals surface area contributed by atoms with E-state index in [2.05, 4.69) is 10.5 Å². The van der Waals surface area contributed by atoms with Gasteiger partial charge in [-0.15, -0.1) is 0 Å². The summed E-state index contributed by atoms with van der Waals surface area (Å²) >= 11 is 0. The van der Waals surface area contributed by atoms with Gasteiger partial charge in [-0.25, -0.2) is 4.39 Å². The predicted molar refractivity (Wildman–Crippen MR) is 85.8 cm³/mol. The SMILES string of the molecule is Cc1ccc(-c2onc(C)c2C(=O)Nc2ccccc2F)cc1. The minimum atomic E-state index is -0.494. The van der Waals surface area contributed by atoms with Crippen LogP contribution in [0.3, 0.4) is 0 Å². The van der Waals surface area contributed by atoms with E-state index in [0.29, 0.717) is 17.0 Å². The summed E-state index contributed by atoms with van der Waals surface area (Å²) in [6.45, 7) is 3.65. The number of nitrogens with one attached hydrogen (secondary N) is 1. The summed E-state index contributed by atoms with van der Waals surface area (Å²) in [5.74, 6) is -0.576. The molecule has 0 aliphatic rings. The molecule has 4 nitrogen and oxygen atoms in total. The van der Waals surface area contributed by atoms with E-state index in [1.807, 2.05) is 31.2 Å². The Bertz CT molecular complexity index is 854. The van der Waals surface area contributed by atoms with Gasteiger partial charge in [-0.3, -0.25) is 4.79 Å². The molecule has 116 valence electrons. The Balaban J connectivity index is 1.97. The maximum atomic E-state index is 13.7. The van der Waals surface area contributed by atoms with Crippen LogP contribution in [0.5, 0.6) is 0 Å². The Morgan fingerprint density at radius 1 is 1.09 bits per heavy atom. The van der Waals surface area contributed by atoms with Crippen molar-refractivity contribution in [1.82, 2.24) is 5.16 Å². The van der Waals surface area contributed by atoms with E-state index in [0.717, 1.165) is 11.1 Å². The highest BCUT2D eigenvalue weighted by atomic mass is 19.1. The summed E-state index contributed by atoms with van der Waals surface area (Å²) in [4.78, 5) is 12.5. The van der Waals surface area contributed by atoms with Crippen LogP contribution < -0.4 is 5.32 Å². The van der Waals surface area contributed by atoms with Crippen LogP contribution in [-0.2, 0) is 0 Å². The Labute approximate surface area is 132 Å². The number of amides is 1. The maximum absolute atomic E-state index is 13.7. The number of anilines is 1. The van der Waals surface area contributed by atoms with E-state index >= 15 is 0 Å². The molecule has 0 saturated carbocycles. The molecule has 1 heterocycles. The molecule has 1 amide bonds. The Hall–Kier alpha value is -2.95. The predicted octanol–water partition coefficient (Wildman–Crippen LogP) is 4.35. The van der Waals surface area contributed by atoms with Crippen molar-refractivity contribution in [1.29, 1.82) is 0 Å². The number of halogens is 1. The molecule has 0 radical (unpaired) electrons. The first-order valence-electron chi connectivity index (χ1n) is 7.15. The van der Waals surface area contributed by atoms with Crippen LogP contribution in [0.25, 0.3) is 11.3 Å². The fourth-order valence-electron chi connectivity index (χ4n) is 2.29. The second-order valence-electron chi connectivity index (χ2n) is 5.27. The number of carbonyl (C=O) groups is 1. The monoisotopic (exact) mass is 310 g/mol. The van der Waals surface area contributed by atoms with Gasteiger partial charge in [-0.1, -0.05) is 47.1 Å². The highest BCUT2D eigenvalue weighted by Gasteiger charge is 2.22. The van der Waals surface area contributed by atoms with E-state index in [9.17, 15) is 9.18 Å². The number of benzene rings is 2. The summed E-state index contributed by atoms with van der Waals surface area (Å²) in [6.07, 6.45) is 0. The molecule has 1 N–H and O–H groups in total. The number of nitrogens with zero attached hydrogens (tertiary/aromatic N) is 1. The van der Waals surface area contributed by atoms with Gasteiger partial charge in [0.1, 0.15) is 11.4 Å². The molecule has 2 aromatic carbocycles. The Kier molecular flexibility index (Phi) is 3.93. The summed E-state index contributed by atoms with van der Waals surface area (Å²) in [5, 5.41) is 6.43. The van der Waals surface area contributed by atoms with Crippen molar-refractivity contribution in [3.05, 3.63) is 71.2 Å². The largest absolute Gasteiger partial charge is 0.355 e. The van der Waals surface area contributed by atoms with Crippen LogP contribution in [0.2, 0.25) is 0 Å². The second-order valence-corrected chi connectivity index (χ2v) is 5.27. The smallest absolute Gasteiger partial charge is 0.261 e. The standard InChI is InChI=1S/C18H15FN2O2/c1-11-7-9-13(10-8-11)17-16(12(2)21-23-17)18(22)20-15-6-4-3-5-14(15)19/h3-10H,1-2H3,(H,20,22).